The summed E-state index contributed by atoms with van der Waals surface area (Å²) in [7, 11) is 0. The molecule has 1 amide bonds. The standard InChI is InChI=1S/C15H20N2O4/c16-13(18)9-19-12-8-21-14-11(7-20-15(12)14)17-6-10-4-2-1-3-5-10/h1-5,11-12,14-15,17H,6-9H2,(H2,16,18)/t11-,12+,14+,15+/m0/s1. The van der Waals surface area contributed by atoms with Gasteiger partial charge in [0.05, 0.1) is 19.3 Å². The van der Waals surface area contributed by atoms with Gasteiger partial charge in [-0.15, -0.1) is 0 Å². The molecule has 0 aliphatic carbocycles. The molecule has 4 atom stereocenters. The number of rotatable bonds is 6. The molecule has 3 N–H and O–H groups in total. The van der Waals surface area contributed by atoms with E-state index in [0.717, 1.165) is 6.54 Å². The molecule has 0 bridgehead atoms. The molecule has 114 valence electrons. The van der Waals surface area contributed by atoms with Crippen LogP contribution in [0.3, 0.4) is 0 Å². The SMILES string of the molecule is NC(=O)CO[C@@H]1CO[C@H]2[C@@H]1OC[C@@H]2NCc1ccccc1. The van der Waals surface area contributed by atoms with Crippen LogP contribution in [-0.4, -0.2) is 50.1 Å². The second kappa shape index (κ2) is 6.53. The van der Waals surface area contributed by atoms with Crippen LogP contribution >= 0.6 is 0 Å². The third-order valence-corrected chi connectivity index (χ3v) is 3.86. The van der Waals surface area contributed by atoms with Crippen molar-refractivity contribution in [1.82, 2.24) is 5.32 Å². The summed E-state index contributed by atoms with van der Waals surface area (Å²) in [5.41, 5.74) is 6.31. The fourth-order valence-electron chi connectivity index (χ4n) is 2.82. The van der Waals surface area contributed by atoms with Crippen molar-refractivity contribution in [3.8, 4) is 0 Å². The van der Waals surface area contributed by atoms with Gasteiger partial charge in [-0.3, -0.25) is 4.79 Å². The molecule has 0 spiro atoms. The zero-order valence-electron chi connectivity index (χ0n) is 11.7. The Bertz CT molecular complexity index is 482. The highest BCUT2D eigenvalue weighted by atomic mass is 16.6. The highest BCUT2D eigenvalue weighted by molar-refractivity contribution is 5.75. The third-order valence-electron chi connectivity index (χ3n) is 3.86. The summed E-state index contributed by atoms with van der Waals surface area (Å²) in [5, 5.41) is 3.46. The minimum Gasteiger partial charge on any atom is -0.371 e. The van der Waals surface area contributed by atoms with Crippen LogP contribution in [0.15, 0.2) is 30.3 Å². The maximum atomic E-state index is 10.8. The Balaban J connectivity index is 1.50. The van der Waals surface area contributed by atoms with E-state index in [1.807, 2.05) is 18.2 Å². The van der Waals surface area contributed by atoms with E-state index >= 15 is 0 Å². The molecule has 6 heteroatoms. The van der Waals surface area contributed by atoms with E-state index in [2.05, 4.69) is 17.4 Å². The maximum absolute atomic E-state index is 10.8. The van der Waals surface area contributed by atoms with Gasteiger partial charge in [-0.05, 0) is 5.56 Å². The van der Waals surface area contributed by atoms with Crippen molar-refractivity contribution >= 4 is 5.91 Å². The van der Waals surface area contributed by atoms with Crippen molar-refractivity contribution in [2.24, 2.45) is 5.73 Å². The average Bonchev–Trinajstić information content (AvgIpc) is 3.06. The summed E-state index contributed by atoms with van der Waals surface area (Å²) in [4.78, 5) is 10.8. The first-order chi connectivity index (χ1) is 10.2. The van der Waals surface area contributed by atoms with E-state index in [9.17, 15) is 4.79 Å². The van der Waals surface area contributed by atoms with Crippen molar-refractivity contribution in [3.63, 3.8) is 0 Å². The molecule has 2 saturated heterocycles. The summed E-state index contributed by atoms with van der Waals surface area (Å²) in [6, 6.07) is 10.3. The van der Waals surface area contributed by atoms with Crippen molar-refractivity contribution in [2.45, 2.75) is 30.9 Å². The number of benzene rings is 1. The van der Waals surface area contributed by atoms with E-state index in [-0.39, 0.29) is 31.0 Å². The normalized spacial score (nSPS) is 31.2. The van der Waals surface area contributed by atoms with Crippen LogP contribution in [0.25, 0.3) is 0 Å². The van der Waals surface area contributed by atoms with Crippen LogP contribution < -0.4 is 11.1 Å². The molecular weight excluding hydrogens is 272 g/mol. The van der Waals surface area contributed by atoms with Crippen molar-refractivity contribution in [2.75, 3.05) is 19.8 Å². The van der Waals surface area contributed by atoms with Gasteiger partial charge in [-0.1, -0.05) is 30.3 Å². The van der Waals surface area contributed by atoms with Crippen LogP contribution in [0.4, 0.5) is 0 Å². The lowest BCUT2D eigenvalue weighted by molar-refractivity contribution is -0.126. The Morgan fingerprint density at radius 2 is 2.00 bits per heavy atom. The van der Waals surface area contributed by atoms with Crippen LogP contribution in [0.1, 0.15) is 5.56 Å². The first kappa shape index (κ1) is 14.5. The van der Waals surface area contributed by atoms with Gasteiger partial charge in [0.1, 0.15) is 24.9 Å². The molecule has 0 aromatic heterocycles. The van der Waals surface area contributed by atoms with Crippen molar-refractivity contribution in [3.05, 3.63) is 35.9 Å². The minimum absolute atomic E-state index is 0.0356. The zero-order valence-corrected chi connectivity index (χ0v) is 11.7. The number of carbonyl (C=O) groups excluding carboxylic acids is 1. The topological polar surface area (TPSA) is 82.8 Å². The van der Waals surface area contributed by atoms with Gasteiger partial charge in [-0.2, -0.15) is 0 Å². The number of hydrogen-bond acceptors (Lipinski definition) is 5. The van der Waals surface area contributed by atoms with E-state index in [1.54, 1.807) is 0 Å². The molecule has 21 heavy (non-hydrogen) atoms. The number of carbonyl (C=O) groups is 1. The number of fused-ring (bicyclic) bond motifs is 1. The molecule has 2 heterocycles. The molecule has 3 rings (SSSR count). The second-order valence-corrected chi connectivity index (χ2v) is 5.38. The van der Waals surface area contributed by atoms with Gasteiger partial charge in [0.2, 0.25) is 5.91 Å². The predicted molar refractivity (Wildman–Crippen MR) is 75.5 cm³/mol. The highest BCUT2D eigenvalue weighted by Crippen LogP contribution is 2.29. The fraction of sp³-hybridized carbons (Fsp3) is 0.533. The lowest BCUT2D eigenvalue weighted by atomic mass is 10.1. The molecule has 0 radical (unpaired) electrons. The highest BCUT2D eigenvalue weighted by Gasteiger charge is 2.48. The number of nitrogens with two attached hydrogens (primary N) is 1. The monoisotopic (exact) mass is 292 g/mol. The van der Waals surface area contributed by atoms with Crippen molar-refractivity contribution in [1.29, 1.82) is 0 Å². The van der Waals surface area contributed by atoms with Crippen LogP contribution in [0.5, 0.6) is 0 Å². The van der Waals surface area contributed by atoms with Gasteiger partial charge in [0, 0.05) is 6.54 Å². The van der Waals surface area contributed by atoms with Gasteiger partial charge >= 0.3 is 0 Å². The lowest BCUT2D eigenvalue weighted by Gasteiger charge is -2.17. The largest absolute Gasteiger partial charge is 0.371 e. The number of ether oxygens (including phenoxy) is 3. The van der Waals surface area contributed by atoms with E-state index in [0.29, 0.717) is 13.2 Å². The maximum Gasteiger partial charge on any atom is 0.243 e. The van der Waals surface area contributed by atoms with Gasteiger partial charge in [-0.25, -0.2) is 0 Å². The number of primary amides is 1. The lowest BCUT2D eigenvalue weighted by Crippen LogP contribution is -2.41. The summed E-state index contributed by atoms with van der Waals surface area (Å²) in [6.45, 7) is 1.70. The molecule has 2 aliphatic heterocycles. The Hall–Kier alpha value is -1.47. The summed E-state index contributed by atoms with van der Waals surface area (Å²) in [6.07, 6.45) is -0.379. The summed E-state index contributed by atoms with van der Waals surface area (Å²) < 4.78 is 17.0. The van der Waals surface area contributed by atoms with Crippen LogP contribution in [0, 0.1) is 0 Å². The van der Waals surface area contributed by atoms with E-state index in [1.165, 1.54) is 5.56 Å². The number of amides is 1. The third kappa shape index (κ3) is 3.41. The zero-order chi connectivity index (χ0) is 14.7. The molecular formula is C15H20N2O4. The Labute approximate surface area is 123 Å². The molecule has 0 saturated carbocycles. The molecule has 1 aromatic rings. The van der Waals surface area contributed by atoms with Crippen molar-refractivity contribution < 1.29 is 19.0 Å². The van der Waals surface area contributed by atoms with E-state index in [4.69, 9.17) is 19.9 Å². The number of nitrogens with one attached hydrogen (secondary N) is 1. The molecule has 6 nitrogen and oxygen atoms in total. The Morgan fingerprint density at radius 3 is 2.76 bits per heavy atom. The first-order valence-corrected chi connectivity index (χ1v) is 7.14. The fourth-order valence-corrected chi connectivity index (χ4v) is 2.82. The molecule has 1 aromatic carbocycles. The van der Waals surface area contributed by atoms with Gasteiger partial charge in [0.25, 0.3) is 0 Å². The summed E-state index contributed by atoms with van der Waals surface area (Å²) in [5.74, 6) is -0.477. The molecule has 2 aliphatic rings. The first-order valence-electron chi connectivity index (χ1n) is 7.14. The van der Waals surface area contributed by atoms with Gasteiger partial charge < -0.3 is 25.3 Å². The minimum atomic E-state index is -0.477. The Kier molecular flexibility index (Phi) is 4.50. The molecule has 0 unspecified atom stereocenters. The predicted octanol–water partition coefficient (Wildman–Crippen LogP) is -0.187. The average molecular weight is 292 g/mol. The smallest absolute Gasteiger partial charge is 0.243 e. The quantitative estimate of drug-likeness (QED) is 0.759. The second-order valence-electron chi connectivity index (χ2n) is 5.38. The van der Waals surface area contributed by atoms with Gasteiger partial charge in [0.15, 0.2) is 0 Å². The van der Waals surface area contributed by atoms with Crippen LogP contribution in [0.2, 0.25) is 0 Å². The number of hydrogen-bond donors (Lipinski definition) is 2. The van der Waals surface area contributed by atoms with E-state index < -0.39 is 5.91 Å². The molecule has 2 fully saturated rings. The Morgan fingerprint density at radius 1 is 1.24 bits per heavy atom. The summed E-state index contributed by atoms with van der Waals surface area (Å²) >= 11 is 0. The van der Waals surface area contributed by atoms with Crippen LogP contribution in [-0.2, 0) is 25.5 Å².